The molecule has 0 nitrogen and oxygen atoms in total. The first-order valence-corrected chi connectivity index (χ1v) is 2.97. The zero-order valence-corrected chi connectivity index (χ0v) is 7.29. The summed E-state index contributed by atoms with van der Waals surface area (Å²) in [5, 5.41) is 0. The Morgan fingerprint density at radius 1 is 1.00 bits per heavy atom. The molecular formula is C6H5AgSe. The molecule has 0 atom stereocenters. The van der Waals surface area contributed by atoms with E-state index < -0.39 is 0 Å². The molecule has 0 aliphatic heterocycles. The molecule has 0 spiro atoms. The Kier molecular flexibility index (Phi) is 4.63. The van der Waals surface area contributed by atoms with E-state index in [0.717, 1.165) is 0 Å². The second kappa shape index (κ2) is 4.37. The topological polar surface area (TPSA) is 0 Å². The van der Waals surface area contributed by atoms with Crippen LogP contribution in [0.3, 0.4) is 0 Å². The van der Waals surface area contributed by atoms with Crippen LogP contribution >= 0.6 is 0 Å². The first-order valence-electron chi connectivity index (χ1n) is 2.11. The molecule has 0 saturated heterocycles. The molecular weight excluding hydrogens is 259 g/mol. The van der Waals surface area contributed by atoms with E-state index in [1.54, 1.807) is 0 Å². The molecule has 0 aliphatic carbocycles. The summed E-state index contributed by atoms with van der Waals surface area (Å²) in [4.78, 5) is 0. The summed E-state index contributed by atoms with van der Waals surface area (Å²) in [5.74, 6) is 0. The van der Waals surface area contributed by atoms with Crippen LogP contribution in [0.25, 0.3) is 0 Å². The summed E-state index contributed by atoms with van der Waals surface area (Å²) in [7, 11) is 0. The summed E-state index contributed by atoms with van der Waals surface area (Å²) in [6.45, 7) is 0. The van der Waals surface area contributed by atoms with Gasteiger partial charge in [0.2, 0.25) is 0 Å². The minimum absolute atomic E-state index is 0. The molecule has 1 aromatic carbocycles. The predicted octanol–water partition coefficient (Wildman–Crippen LogP) is 0.478. The van der Waals surface area contributed by atoms with Crippen LogP contribution in [0.1, 0.15) is 0 Å². The summed E-state index contributed by atoms with van der Waals surface area (Å²) in [6, 6.07) is 10.1. The maximum atomic E-state index is 2.90. The SMILES string of the molecule is [Ag+].[Se-]c1ccccc1. The fraction of sp³-hybridized carbons (Fsp3) is 0. The van der Waals surface area contributed by atoms with E-state index in [9.17, 15) is 0 Å². The van der Waals surface area contributed by atoms with Gasteiger partial charge in [-0.1, -0.05) is 0 Å². The molecule has 1 rings (SSSR count). The van der Waals surface area contributed by atoms with Crippen LogP contribution in [0.4, 0.5) is 0 Å². The van der Waals surface area contributed by atoms with E-state index in [1.165, 1.54) is 4.46 Å². The van der Waals surface area contributed by atoms with Gasteiger partial charge in [-0.15, -0.1) is 0 Å². The van der Waals surface area contributed by atoms with E-state index in [0.29, 0.717) is 0 Å². The third-order valence-electron chi connectivity index (χ3n) is 0.743. The number of hydrogen-bond donors (Lipinski definition) is 0. The van der Waals surface area contributed by atoms with E-state index in [2.05, 4.69) is 16.0 Å². The number of benzene rings is 1. The molecule has 0 N–H and O–H groups in total. The Bertz CT molecular complexity index is 138. The molecule has 0 bridgehead atoms. The van der Waals surface area contributed by atoms with Crippen LogP contribution in [0.5, 0.6) is 0 Å². The van der Waals surface area contributed by atoms with Crippen molar-refractivity contribution in [1.29, 1.82) is 0 Å². The first-order chi connectivity index (χ1) is 3.39. The monoisotopic (exact) mass is 264 g/mol. The molecule has 0 aromatic heterocycles. The predicted molar refractivity (Wildman–Crippen MR) is 31.8 cm³/mol. The molecule has 0 amide bonds. The minimum atomic E-state index is 0. The van der Waals surface area contributed by atoms with Crippen LogP contribution in [0.2, 0.25) is 0 Å². The van der Waals surface area contributed by atoms with Crippen LogP contribution in [-0.4, -0.2) is 16.0 Å². The van der Waals surface area contributed by atoms with Crippen molar-refractivity contribution in [2.75, 3.05) is 0 Å². The summed E-state index contributed by atoms with van der Waals surface area (Å²) < 4.78 is 1.20. The van der Waals surface area contributed by atoms with Crippen molar-refractivity contribution in [3.05, 3.63) is 30.3 Å². The molecule has 0 aliphatic rings. The van der Waals surface area contributed by atoms with Gasteiger partial charge in [-0.25, -0.2) is 0 Å². The Labute approximate surface area is 73.0 Å². The summed E-state index contributed by atoms with van der Waals surface area (Å²) >= 11 is 2.90. The number of hydrogen-bond acceptors (Lipinski definition) is 0. The fourth-order valence-corrected chi connectivity index (χ4v) is 0.750. The Morgan fingerprint density at radius 2 is 1.50 bits per heavy atom. The average molecular weight is 264 g/mol. The van der Waals surface area contributed by atoms with E-state index in [-0.39, 0.29) is 22.4 Å². The standard InChI is InChI=1S/C6H6Se.Ag/c7-6-4-2-1-3-5-6;/h1-5,7H;/q;+1/p-1. The zero-order chi connectivity index (χ0) is 5.11. The molecule has 0 fully saturated rings. The van der Waals surface area contributed by atoms with E-state index >= 15 is 0 Å². The quantitative estimate of drug-likeness (QED) is 0.598. The second-order valence-corrected chi connectivity index (χ2v) is 2.30. The van der Waals surface area contributed by atoms with Gasteiger partial charge in [0.25, 0.3) is 0 Å². The summed E-state index contributed by atoms with van der Waals surface area (Å²) in [5.41, 5.74) is 0. The van der Waals surface area contributed by atoms with Gasteiger partial charge in [-0.05, 0) is 0 Å². The van der Waals surface area contributed by atoms with E-state index in [1.807, 2.05) is 30.3 Å². The Morgan fingerprint density at radius 3 is 1.75 bits per heavy atom. The van der Waals surface area contributed by atoms with Crippen molar-refractivity contribution in [1.82, 2.24) is 0 Å². The van der Waals surface area contributed by atoms with Gasteiger partial charge in [0.05, 0.1) is 0 Å². The van der Waals surface area contributed by atoms with Crippen LogP contribution < -0.4 is 4.46 Å². The van der Waals surface area contributed by atoms with Crippen LogP contribution in [0.15, 0.2) is 30.3 Å². The van der Waals surface area contributed by atoms with Gasteiger partial charge in [0.15, 0.2) is 0 Å². The zero-order valence-electron chi connectivity index (χ0n) is 4.10. The average Bonchev–Trinajstić information content (AvgIpc) is 1.69. The van der Waals surface area contributed by atoms with Crippen LogP contribution in [-0.2, 0) is 22.4 Å². The molecule has 0 saturated carbocycles. The third kappa shape index (κ3) is 2.71. The van der Waals surface area contributed by atoms with Gasteiger partial charge in [-0.3, -0.25) is 0 Å². The van der Waals surface area contributed by atoms with Gasteiger partial charge in [-0.2, -0.15) is 0 Å². The molecule has 0 heterocycles. The Hall–Kier alpha value is 0.480. The van der Waals surface area contributed by atoms with Crippen molar-refractivity contribution in [3.8, 4) is 0 Å². The first kappa shape index (κ1) is 8.48. The van der Waals surface area contributed by atoms with Crippen molar-refractivity contribution in [2.45, 2.75) is 0 Å². The van der Waals surface area contributed by atoms with Gasteiger partial charge < -0.3 is 0 Å². The maximum absolute atomic E-state index is 2.90. The molecule has 8 heavy (non-hydrogen) atoms. The van der Waals surface area contributed by atoms with Gasteiger partial charge in [0.1, 0.15) is 0 Å². The third-order valence-corrected chi connectivity index (χ3v) is 1.31. The van der Waals surface area contributed by atoms with Crippen molar-refractivity contribution in [3.63, 3.8) is 0 Å². The van der Waals surface area contributed by atoms with Gasteiger partial charge >= 0.3 is 73.2 Å². The summed E-state index contributed by atoms with van der Waals surface area (Å²) in [6.07, 6.45) is 0. The molecule has 0 radical (unpaired) electrons. The molecule has 2 heteroatoms. The van der Waals surface area contributed by atoms with Crippen molar-refractivity contribution in [2.24, 2.45) is 0 Å². The normalized spacial score (nSPS) is 7.50. The number of rotatable bonds is 0. The van der Waals surface area contributed by atoms with E-state index in [4.69, 9.17) is 0 Å². The molecule has 0 unspecified atom stereocenters. The van der Waals surface area contributed by atoms with Crippen molar-refractivity contribution >= 4 is 20.5 Å². The molecule has 1 aromatic rings. The van der Waals surface area contributed by atoms with Crippen LogP contribution in [0, 0.1) is 0 Å². The fourth-order valence-electron chi connectivity index (χ4n) is 0.420. The molecule has 46 valence electrons. The second-order valence-electron chi connectivity index (χ2n) is 1.31. The van der Waals surface area contributed by atoms with Crippen molar-refractivity contribution < 1.29 is 22.4 Å². The van der Waals surface area contributed by atoms with Gasteiger partial charge in [0, 0.05) is 0 Å². The Balaban J connectivity index is 0.000000490.